The van der Waals surface area contributed by atoms with E-state index in [4.69, 9.17) is 0 Å². The monoisotopic (exact) mass is 242 g/mol. The molecule has 1 saturated carbocycles. The van der Waals surface area contributed by atoms with Gasteiger partial charge in [0.05, 0.1) is 6.07 Å². The number of hydrogen-bond donors (Lipinski definition) is 1. The van der Waals surface area contributed by atoms with Gasteiger partial charge >= 0.3 is 0 Å². The summed E-state index contributed by atoms with van der Waals surface area (Å²) in [7, 11) is 0. The highest BCUT2D eigenvalue weighted by Crippen LogP contribution is 2.29. The van der Waals surface area contributed by atoms with Gasteiger partial charge in [-0.15, -0.1) is 0 Å². The van der Waals surface area contributed by atoms with Gasteiger partial charge in [-0.2, -0.15) is 5.26 Å². The number of aryl methyl sites for hydroxylation is 1. The highest BCUT2D eigenvalue weighted by Gasteiger charge is 2.29. The molecule has 96 valence electrons. The van der Waals surface area contributed by atoms with Crippen LogP contribution in [-0.4, -0.2) is 5.54 Å². The number of rotatable bonds is 2. The van der Waals surface area contributed by atoms with Crippen LogP contribution in [0.15, 0.2) is 24.3 Å². The molecule has 1 aromatic rings. The van der Waals surface area contributed by atoms with Gasteiger partial charge in [-0.05, 0) is 31.9 Å². The first-order chi connectivity index (χ1) is 8.74. The number of anilines is 1. The van der Waals surface area contributed by atoms with Crippen molar-refractivity contribution in [3.8, 4) is 6.07 Å². The molecule has 2 heteroatoms. The van der Waals surface area contributed by atoms with Gasteiger partial charge in [-0.3, -0.25) is 0 Å². The van der Waals surface area contributed by atoms with Gasteiger partial charge < -0.3 is 5.32 Å². The standard InChI is InChI=1S/C16H22N2/c1-14-7-9-15(10-8-14)18-16(13-17)11-5-3-2-4-6-12-16/h7-10,18H,2-6,11-12H2,1H3. The fraction of sp³-hybridized carbons (Fsp3) is 0.562. The van der Waals surface area contributed by atoms with Crippen molar-refractivity contribution in [2.45, 2.75) is 57.4 Å². The molecule has 0 atom stereocenters. The van der Waals surface area contributed by atoms with E-state index in [1.54, 1.807) is 0 Å². The fourth-order valence-electron chi connectivity index (χ4n) is 2.69. The van der Waals surface area contributed by atoms with Crippen LogP contribution in [0.5, 0.6) is 0 Å². The Hall–Kier alpha value is -1.49. The largest absolute Gasteiger partial charge is 0.367 e. The lowest BCUT2D eigenvalue weighted by Crippen LogP contribution is -2.37. The van der Waals surface area contributed by atoms with Crippen LogP contribution in [0.1, 0.15) is 50.5 Å². The second kappa shape index (κ2) is 5.91. The van der Waals surface area contributed by atoms with E-state index >= 15 is 0 Å². The van der Waals surface area contributed by atoms with Gasteiger partial charge in [-0.1, -0.05) is 49.8 Å². The Morgan fingerprint density at radius 2 is 1.56 bits per heavy atom. The van der Waals surface area contributed by atoms with Crippen LogP contribution in [0.25, 0.3) is 0 Å². The quantitative estimate of drug-likeness (QED) is 0.833. The van der Waals surface area contributed by atoms with Crippen molar-refractivity contribution < 1.29 is 0 Å². The molecule has 0 unspecified atom stereocenters. The van der Waals surface area contributed by atoms with E-state index in [-0.39, 0.29) is 5.54 Å². The molecule has 1 aliphatic rings. The molecule has 0 aromatic heterocycles. The molecule has 0 saturated heterocycles. The molecule has 1 aromatic carbocycles. The minimum Gasteiger partial charge on any atom is -0.367 e. The predicted octanol–water partition coefficient (Wildman–Crippen LogP) is 4.41. The second-order valence-corrected chi connectivity index (χ2v) is 5.45. The highest BCUT2D eigenvalue weighted by molar-refractivity contribution is 5.48. The number of hydrogen-bond acceptors (Lipinski definition) is 2. The first kappa shape index (κ1) is 13.0. The first-order valence-corrected chi connectivity index (χ1v) is 7.00. The van der Waals surface area contributed by atoms with Crippen molar-refractivity contribution in [1.82, 2.24) is 0 Å². The van der Waals surface area contributed by atoms with Crippen LogP contribution in [0.4, 0.5) is 5.69 Å². The molecule has 0 radical (unpaired) electrons. The van der Waals surface area contributed by atoms with Crippen molar-refractivity contribution >= 4 is 5.69 Å². The van der Waals surface area contributed by atoms with E-state index in [1.165, 1.54) is 24.8 Å². The maximum absolute atomic E-state index is 9.56. The van der Waals surface area contributed by atoms with E-state index in [1.807, 2.05) is 0 Å². The molecule has 0 spiro atoms. The lowest BCUT2D eigenvalue weighted by Gasteiger charge is -2.30. The molecule has 1 N–H and O–H groups in total. The summed E-state index contributed by atoms with van der Waals surface area (Å²) in [6.07, 6.45) is 8.11. The zero-order chi connectivity index (χ0) is 12.8. The molecule has 0 bridgehead atoms. The van der Waals surface area contributed by atoms with E-state index in [0.717, 1.165) is 31.4 Å². The summed E-state index contributed by atoms with van der Waals surface area (Å²) in [5, 5.41) is 13.0. The minimum absolute atomic E-state index is 0.352. The van der Waals surface area contributed by atoms with E-state index in [2.05, 4.69) is 42.6 Å². The van der Waals surface area contributed by atoms with Crippen molar-refractivity contribution in [2.24, 2.45) is 0 Å². The van der Waals surface area contributed by atoms with Crippen LogP contribution in [0.3, 0.4) is 0 Å². The number of nitrogens with one attached hydrogen (secondary N) is 1. The molecular weight excluding hydrogens is 220 g/mol. The van der Waals surface area contributed by atoms with Gasteiger partial charge in [0.25, 0.3) is 0 Å². The lowest BCUT2D eigenvalue weighted by atomic mass is 9.85. The normalized spacial score (nSPS) is 19.3. The Balaban J connectivity index is 2.11. The van der Waals surface area contributed by atoms with Crippen LogP contribution < -0.4 is 5.32 Å². The van der Waals surface area contributed by atoms with Crippen molar-refractivity contribution in [2.75, 3.05) is 5.32 Å². The molecular formula is C16H22N2. The Morgan fingerprint density at radius 3 is 2.11 bits per heavy atom. The topological polar surface area (TPSA) is 35.8 Å². The van der Waals surface area contributed by atoms with Crippen LogP contribution in [-0.2, 0) is 0 Å². The summed E-state index contributed by atoms with van der Waals surface area (Å²) in [4.78, 5) is 0. The van der Waals surface area contributed by atoms with Gasteiger partial charge in [0.1, 0.15) is 5.54 Å². The Bertz CT molecular complexity index is 406. The summed E-state index contributed by atoms with van der Waals surface area (Å²) >= 11 is 0. The maximum Gasteiger partial charge on any atom is 0.125 e. The maximum atomic E-state index is 9.56. The third kappa shape index (κ3) is 3.26. The molecule has 1 fully saturated rings. The van der Waals surface area contributed by atoms with Crippen molar-refractivity contribution in [1.29, 1.82) is 5.26 Å². The molecule has 0 heterocycles. The van der Waals surface area contributed by atoms with Crippen molar-refractivity contribution in [3.63, 3.8) is 0 Å². The van der Waals surface area contributed by atoms with Crippen LogP contribution in [0, 0.1) is 18.3 Å². The molecule has 0 aliphatic heterocycles. The second-order valence-electron chi connectivity index (χ2n) is 5.45. The summed E-state index contributed by atoms with van der Waals surface area (Å²) < 4.78 is 0. The van der Waals surface area contributed by atoms with E-state index < -0.39 is 0 Å². The summed E-state index contributed by atoms with van der Waals surface area (Å²) in [5.74, 6) is 0. The van der Waals surface area contributed by atoms with Gasteiger partial charge in [-0.25, -0.2) is 0 Å². The molecule has 1 aliphatic carbocycles. The zero-order valence-corrected chi connectivity index (χ0v) is 11.2. The number of nitrogens with zero attached hydrogens (tertiary/aromatic N) is 1. The first-order valence-electron chi connectivity index (χ1n) is 7.00. The molecule has 2 nitrogen and oxygen atoms in total. The van der Waals surface area contributed by atoms with E-state index in [9.17, 15) is 5.26 Å². The molecule has 18 heavy (non-hydrogen) atoms. The van der Waals surface area contributed by atoms with Crippen LogP contribution >= 0.6 is 0 Å². The third-order valence-electron chi connectivity index (χ3n) is 3.86. The molecule has 0 amide bonds. The Labute approximate surface area is 110 Å². The Kier molecular flexibility index (Phi) is 4.25. The third-order valence-corrected chi connectivity index (χ3v) is 3.86. The summed E-state index contributed by atoms with van der Waals surface area (Å²) in [5.41, 5.74) is 1.97. The average Bonchev–Trinajstić information content (AvgIpc) is 2.36. The van der Waals surface area contributed by atoms with E-state index in [0.29, 0.717) is 0 Å². The smallest absolute Gasteiger partial charge is 0.125 e. The summed E-state index contributed by atoms with van der Waals surface area (Å²) in [6.45, 7) is 2.08. The van der Waals surface area contributed by atoms with Gasteiger partial charge in [0.15, 0.2) is 0 Å². The Morgan fingerprint density at radius 1 is 1.00 bits per heavy atom. The van der Waals surface area contributed by atoms with Crippen LogP contribution in [0.2, 0.25) is 0 Å². The average molecular weight is 242 g/mol. The highest BCUT2D eigenvalue weighted by atomic mass is 15.0. The summed E-state index contributed by atoms with van der Waals surface area (Å²) in [6, 6.07) is 10.9. The van der Waals surface area contributed by atoms with Crippen molar-refractivity contribution in [3.05, 3.63) is 29.8 Å². The predicted molar refractivity (Wildman–Crippen MR) is 75.5 cm³/mol. The lowest BCUT2D eigenvalue weighted by molar-refractivity contribution is 0.410. The zero-order valence-electron chi connectivity index (χ0n) is 11.2. The SMILES string of the molecule is Cc1ccc(NC2(C#N)CCCCCCC2)cc1. The number of nitriles is 1. The van der Waals surface area contributed by atoms with Gasteiger partial charge in [0, 0.05) is 5.69 Å². The number of benzene rings is 1. The minimum atomic E-state index is -0.352. The van der Waals surface area contributed by atoms with Gasteiger partial charge in [0.2, 0.25) is 0 Å². The fourth-order valence-corrected chi connectivity index (χ4v) is 2.69. The molecule has 2 rings (SSSR count).